The van der Waals surface area contributed by atoms with E-state index in [4.69, 9.17) is 0 Å². The summed E-state index contributed by atoms with van der Waals surface area (Å²) in [5.74, 6) is 0.473. The summed E-state index contributed by atoms with van der Waals surface area (Å²) in [6.07, 6.45) is 3.72. The van der Waals surface area contributed by atoms with Crippen molar-refractivity contribution in [2.75, 3.05) is 0 Å². The highest BCUT2D eigenvalue weighted by molar-refractivity contribution is 5.77. The van der Waals surface area contributed by atoms with Crippen molar-refractivity contribution >= 4 is 6.03 Å². The molecule has 0 atom stereocenters. The average molecular weight is 234 g/mol. The van der Waals surface area contributed by atoms with Crippen LogP contribution in [0.15, 0.2) is 12.4 Å². The Kier molecular flexibility index (Phi) is 2.99. The van der Waals surface area contributed by atoms with E-state index >= 15 is 0 Å². The summed E-state index contributed by atoms with van der Waals surface area (Å²) < 4.78 is 2.37. The van der Waals surface area contributed by atoms with Crippen LogP contribution in [0.2, 0.25) is 0 Å². The summed E-state index contributed by atoms with van der Waals surface area (Å²) in [4.78, 5) is 11.9. The number of nitrogens with zero attached hydrogens (tertiary/aromatic N) is 6. The number of hydrogen-bond acceptors (Lipinski definition) is 5. The van der Waals surface area contributed by atoms with Gasteiger partial charge < -0.3 is 0 Å². The van der Waals surface area contributed by atoms with Crippen molar-refractivity contribution in [3.05, 3.63) is 23.8 Å². The topological polar surface area (TPSA) is 78.5 Å². The molecule has 17 heavy (non-hydrogen) atoms. The molecule has 90 valence electrons. The molecule has 2 rings (SSSR count). The van der Waals surface area contributed by atoms with Crippen LogP contribution in [0.3, 0.4) is 0 Å². The van der Waals surface area contributed by atoms with Crippen LogP contribution in [0.25, 0.3) is 0 Å². The van der Waals surface area contributed by atoms with Gasteiger partial charge >= 0.3 is 6.03 Å². The van der Waals surface area contributed by atoms with Gasteiger partial charge in [0, 0.05) is 0 Å². The Balaban J connectivity index is 2.28. The predicted molar refractivity (Wildman–Crippen MR) is 59.5 cm³/mol. The van der Waals surface area contributed by atoms with E-state index in [2.05, 4.69) is 34.5 Å². The predicted octanol–water partition coefficient (Wildman–Crippen LogP) is 0.893. The van der Waals surface area contributed by atoms with Gasteiger partial charge in [0.15, 0.2) is 0 Å². The van der Waals surface area contributed by atoms with Crippen molar-refractivity contribution in [1.82, 2.24) is 30.0 Å². The van der Waals surface area contributed by atoms with Crippen LogP contribution in [0.5, 0.6) is 0 Å². The summed E-state index contributed by atoms with van der Waals surface area (Å²) in [5, 5.41) is 15.1. The van der Waals surface area contributed by atoms with Crippen molar-refractivity contribution < 1.29 is 4.79 Å². The van der Waals surface area contributed by atoms with Crippen LogP contribution in [-0.2, 0) is 6.42 Å². The smallest absolute Gasteiger partial charge is 0.243 e. The van der Waals surface area contributed by atoms with Crippen LogP contribution in [0.1, 0.15) is 25.2 Å². The molecule has 0 unspecified atom stereocenters. The van der Waals surface area contributed by atoms with Gasteiger partial charge in [0.05, 0.1) is 23.8 Å². The quantitative estimate of drug-likeness (QED) is 0.771. The monoisotopic (exact) mass is 234 g/mol. The van der Waals surface area contributed by atoms with Crippen molar-refractivity contribution in [3.63, 3.8) is 0 Å². The molecule has 0 aliphatic carbocycles. The van der Waals surface area contributed by atoms with Crippen molar-refractivity contribution in [2.24, 2.45) is 5.92 Å². The Hall–Kier alpha value is -2.05. The van der Waals surface area contributed by atoms with E-state index in [-0.39, 0.29) is 6.03 Å². The molecule has 0 aromatic carbocycles. The lowest BCUT2D eigenvalue weighted by atomic mass is 10.1. The summed E-state index contributed by atoms with van der Waals surface area (Å²) in [6, 6.07) is -0.373. The van der Waals surface area contributed by atoms with Gasteiger partial charge in [0.2, 0.25) is 0 Å². The Bertz CT molecular complexity index is 513. The third-order valence-corrected chi connectivity index (χ3v) is 2.39. The highest BCUT2D eigenvalue weighted by Gasteiger charge is 2.17. The number of rotatable bonds is 2. The molecule has 0 fully saturated rings. The second-order valence-corrected chi connectivity index (χ2v) is 4.26. The molecule has 2 aromatic rings. The Morgan fingerprint density at radius 3 is 2.76 bits per heavy atom. The van der Waals surface area contributed by atoms with Gasteiger partial charge in [-0.15, -0.1) is 10.2 Å². The maximum absolute atomic E-state index is 11.9. The molecule has 0 amide bonds. The molecule has 0 saturated carbocycles. The van der Waals surface area contributed by atoms with Gasteiger partial charge in [-0.25, -0.2) is 4.79 Å². The molecule has 2 aromatic heterocycles. The zero-order chi connectivity index (χ0) is 12.4. The van der Waals surface area contributed by atoms with E-state index < -0.39 is 0 Å². The molecule has 0 N–H and O–H groups in total. The van der Waals surface area contributed by atoms with E-state index in [1.54, 1.807) is 0 Å². The van der Waals surface area contributed by atoms with Gasteiger partial charge in [0.25, 0.3) is 0 Å². The Labute approximate surface area is 98.4 Å². The minimum Gasteiger partial charge on any atom is -0.243 e. The zero-order valence-electron chi connectivity index (χ0n) is 10.0. The fraction of sp³-hybridized carbons (Fsp3) is 0.500. The van der Waals surface area contributed by atoms with Gasteiger partial charge in [-0.1, -0.05) is 24.3 Å². The highest BCUT2D eigenvalue weighted by atomic mass is 16.2. The number of carbonyl (C=O) groups excluding carboxylic acids is 1. The van der Waals surface area contributed by atoms with Gasteiger partial charge in [-0.2, -0.15) is 9.36 Å². The molecule has 7 heteroatoms. The molecular weight excluding hydrogens is 220 g/mol. The maximum Gasteiger partial charge on any atom is 0.372 e. The first-order chi connectivity index (χ1) is 8.09. The minimum atomic E-state index is -0.373. The molecule has 0 bridgehead atoms. The summed E-state index contributed by atoms with van der Waals surface area (Å²) >= 11 is 0. The first-order valence-electron chi connectivity index (χ1n) is 5.41. The average Bonchev–Trinajstić information content (AvgIpc) is 2.88. The van der Waals surface area contributed by atoms with Crippen LogP contribution >= 0.6 is 0 Å². The Morgan fingerprint density at radius 2 is 2.18 bits per heavy atom. The normalized spacial score (nSPS) is 11.1. The molecule has 0 aliphatic rings. The number of hydrogen-bond donors (Lipinski definition) is 0. The molecule has 0 aliphatic heterocycles. The molecule has 0 saturated heterocycles. The van der Waals surface area contributed by atoms with E-state index in [1.807, 2.05) is 6.92 Å². The van der Waals surface area contributed by atoms with Gasteiger partial charge in [-0.3, -0.25) is 0 Å². The second-order valence-electron chi connectivity index (χ2n) is 4.26. The van der Waals surface area contributed by atoms with E-state index in [9.17, 15) is 4.79 Å². The van der Waals surface area contributed by atoms with Crippen LogP contribution in [0, 0.1) is 12.8 Å². The molecular formula is C10H14N6O. The van der Waals surface area contributed by atoms with Crippen LogP contribution in [0.4, 0.5) is 4.79 Å². The highest BCUT2D eigenvalue weighted by Crippen LogP contribution is 2.10. The largest absolute Gasteiger partial charge is 0.372 e. The van der Waals surface area contributed by atoms with Crippen LogP contribution < -0.4 is 0 Å². The maximum atomic E-state index is 11.9. The fourth-order valence-corrected chi connectivity index (χ4v) is 1.52. The number of carbonyl (C=O) groups is 1. The zero-order valence-corrected chi connectivity index (χ0v) is 10.0. The summed E-state index contributed by atoms with van der Waals surface area (Å²) in [6.45, 7) is 6.02. The van der Waals surface area contributed by atoms with Gasteiger partial charge in [-0.05, 0) is 19.3 Å². The lowest BCUT2D eigenvalue weighted by molar-refractivity contribution is 0.236. The third-order valence-electron chi connectivity index (χ3n) is 2.39. The molecule has 0 radical (unpaired) electrons. The van der Waals surface area contributed by atoms with Crippen molar-refractivity contribution in [3.8, 4) is 0 Å². The lowest BCUT2D eigenvalue weighted by Gasteiger charge is -2.03. The minimum absolute atomic E-state index is 0.373. The van der Waals surface area contributed by atoms with Crippen LogP contribution in [-0.4, -0.2) is 36.0 Å². The summed E-state index contributed by atoms with van der Waals surface area (Å²) in [5.41, 5.74) is 1.59. The fourth-order valence-electron chi connectivity index (χ4n) is 1.52. The Morgan fingerprint density at radius 1 is 1.41 bits per heavy atom. The van der Waals surface area contributed by atoms with E-state index in [1.165, 1.54) is 17.1 Å². The first-order valence-corrected chi connectivity index (χ1v) is 5.41. The third kappa shape index (κ3) is 2.22. The van der Waals surface area contributed by atoms with Crippen molar-refractivity contribution in [2.45, 2.75) is 27.2 Å². The second kappa shape index (κ2) is 4.44. The van der Waals surface area contributed by atoms with Gasteiger partial charge in [0.1, 0.15) is 0 Å². The molecule has 2 heterocycles. The van der Waals surface area contributed by atoms with Crippen molar-refractivity contribution in [1.29, 1.82) is 0 Å². The molecule has 0 spiro atoms. The standard InChI is InChI=1S/C10H14N6O/c1-7(2)6-9-8(3)16(14-12-9)10(17)15-5-4-11-13-15/h4-5,7H,6H2,1-3H3. The van der Waals surface area contributed by atoms with E-state index in [0.29, 0.717) is 5.92 Å². The SMILES string of the molecule is Cc1c(CC(C)C)nnn1C(=O)n1ccnn1. The molecule has 7 nitrogen and oxygen atoms in total. The lowest BCUT2D eigenvalue weighted by Crippen LogP contribution is -2.22. The summed E-state index contributed by atoms with van der Waals surface area (Å²) in [7, 11) is 0. The first kappa shape index (κ1) is 11.4. The number of aromatic nitrogens is 6. The van der Waals surface area contributed by atoms with E-state index in [0.717, 1.165) is 22.5 Å².